The highest BCUT2D eigenvalue weighted by atomic mass is 16.5. The fraction of sp³-hybridized carbons (Fsp3) is 0.188. The van der Waals surface area contributed by atoms with Crippen LogP contribution in [-0.4, -0.2) is 53.8 Å². The van der Waals surface area contributed by atoms with E-state index in [4.69, 9.17) is 9.47 Å². The monoisotopic (exact) mass is 592 g/mol. The Morgan fingerprint density at radius 3 is 1.36 bits per heavy atom. The van der Waals surface area contributed by atoms with Crippen LogP contribution < -0.4 is 11.1 Å². The lowest BCUT2D eigenvalue weighted by Gasteiger charge is -2.15. The summed E-state index contributed by atoms with van der Waals surface area (Å²) in [5.74, 6) is -1.21. The maximum absolute atomic E-state index is 13.4. The molecule has 0 aromatic heterocycles. The third kappa shape index (κ3) is 5.17. The minimum Gasteiger partial charge on any atom is -0.462 e. The third-order valence-electron chi connectivity index (χ3n) is 7.05. The molecule has 2 aromatic carbocycles. The number of ether oxygens (including phenoxy) is 2. The molecule has 4 aliphatic rings. The van der Waals surface area contributed by atoms with Crippen molar-refractivity contribution in [2.24, 2.45) is 0 Å². The Bertz CT molecular complexity index is 1880. The largest absolute Gasteiger partial charge is 0.462 e. The molecule has 222 valence electrons. The molecule has 0 aliphatic carbocycles. The fourth-order valence-electron chi connectivity index (χ4n) is 5.01. The standard InChI is InChI=1S/C32H28N6O6/c1-3-43-31(41)25-19-35(17-23-27(25)33-37(29(23)39)21-11-7-5-8-12-21)15-16-36-18-24-28(26(20-36)32(42)44-4-2)34-38(30(24)40)22-13-9-6-10-14-22/h5-14,17-20H,3-4,15-16H2,1-2H3. The Labute approximate surface area is 251 Å². The summed E-state index contributed by atoms with van der Waals surface area (Å²) in [6, 6.07) is 17.9. The molecular formula is C32H28N6O6. The van der Waals surface area contributed by atoms with Crippen molar-refractivity contribution in [1.29, 1.82) is 0 Å². The number of fused-ring (bicyclic) bond motifs is 2. The average Bonchev–Trinajstić information content (AvgIpc) is 3.56. The molecule has 4 aliphatic heterocycles. The van der Waals surface area contributed by atoms with E-state index in [1.807, 2.05) is 12.1 Å². The summed E-state index contributed by atoms with van der Waals surface area (Å²) in [5.41, 5.74) is 1.63. The van der Waals surface area contributed by atoms with Crippen LogP contribution in [0.5, 0.6) is 0 Å². The quantitative estimate of drug-likeness (QED) is 0.233. The highest BCUT2D eigenvalue weighted by molar-refractivity contribution is 5.96. The first-order valence-corrected chi connectivity index (χ1v) is 14.1. The van der Waals surface area contributed by atoms with E-state index in [1.165, 1.54) is 9.36 Å². The normalized spacial score (nSPS) is 11.2. The van der Waals surface area contributed by atoms with Crippen molar-refractivity contribution in [2.45, 2.75) is 26.9 Å². The molecule has 0 saturated heterocycles. The van der Waals surface area contributed by atoms with Gasteiger partial charge in [-0.2, -0.15) is 19.6 Å². The predicted molar refractivity (Wildman–Crippen MR) is 161 cm³/mol. The van der Waals surface area contributed by atoms with Crippen LogP contribution >= 0.6 is 0 Å². The molecule has 0 saturated carbocycles. The minimum absolute atomic E-state index is 0.148. The number of benzene rings is 2. The van der Waals surface area contributed by atoms with Crippen molar-refractivity contribution in [2.75, 3.05) is 13.2 Å². The maximum atomic E-state index is 13.4. The van der Waals surface area contributed by atoms with Gasteiger partial charge < -0.3 is 18.6 Å². The van der Waals surface area contributed by atoms with Gasteiger partial charge in [-0.25, -0.2) is 9.59 Å². The van der Waals surface area contributed by atoms with Crippen molar-refractivity contribution >= 4 is 11.9 Å². The Hall–Kier alpha value is -5.78. The van der Waals surface area contributed by atoms with Crippen LogP contribution in [0.1, 0.15) is 34.6 Å². The summed E-state index contributed by atoms with van der Waals surface area (Å²) in [5, 5.41) is 8.91. The number of hydrogen-bond acceptors (Lipinski definition) is 8. The number of carbonyl (C=O) groups is 2. The lowest BCUT2D eigenvalue weighted by atomic mass is 10.1. The van der Waals surface area contributed by atoms with Crippen LogP contribution in [0.3, 0.4) is 0 Å². The molecule has 44 heavy (non-hydrogen) atoms. The molecule has 2 aromatic rings. The summed E-state index contributed by atoms with van der Waals surface area (Å²) in [6.07, 6.45) is 6.43. The first kappa shape index (κ1) is 28.3. The van der Waals surface area contributed by atoms with Gasteiger partial charge in [0, 0.05) is 37.9 Å². The van der Waals surface area contributed by atoms with E-state index < -0.39 is 11.9 Å². The van der Waals surface area contributed by atoms with Gasteiger partial charge >= 0.3 is 11.9 Å². The zero-order valence-corrected chi connectivity index (χ0v) is 24.0. The van der Waals surface area contributed by atoms with Crippen molar-refractivity contribution in [3.8, 4) is 33.9 Å². The van der Waals surface area contributed by atoms with Gasteiger partial charge in [-0.3, -0.25) is 9.59 Å². The number of hydrogen-bond donors (Lipinski definition) is 0. The number of aromatic nitrogens is 6. The third-order valence-corrected chi connectivity index (χ3v) is 7.05. The second kappa shape index (κ2) is 11.8. The zero-order valence-electron chi connectivity index (χ0n) is 24.0. The number of carbonyl (C=O) groups excluding carboxylic acids is 2. The minimum atomic E-state index is -0.604. The molecule has 0 spiro atoms. The van der Waals surface area contributed by atoms with Crippen molar-refractivity contribution < 1.29 is 19.1 Å². The molecular weight excluding hydrogens is 564 g/mol. The molecule has 12 heteroatoms. The van der Waals surface area contributed by atoms with Crippen molar-refractivity contribution in [3.63, 3.8) is 0 Å². The van der Waals surface area contributed by atoms with E-state index >= 15 is 0 Å². The van der Waals surface area contributed by atoms with Gasteiger partial charge in [-0.1, -0.05) is 36.4 Å². The van der Waals surface area contributed by atoms with Gasteiger partial charge in [-0.05, 0) is 38.1 Å². The lowest BCUT2D eigenvalue weighted by Crippen LogP contribution is -2.18. The Kier molecular flexibility index (Phi) is 7.63. The first-order chi connectivity index (χ1) is 21.4. The molecule has 6 rings (SSSR count). The number of aryl methyl sites for hydroxylation is 2. The number of para-hydroxylation sites is 2. The molecule has 0 fully saturated rings. The predicted octanol–water partition coefficient (Wildman–Crippen LogP) is 3.64. The van der Waals surface area contributed by atoms with Gasteiger partial charge in [0.1, 0.15) is 22.5 Å². The van der Waals surface area contributed by atoms with Gasteiger partial charge in [0.05, 0.1) is 35.7 Å². The topological polar surface area (TPSA) is 132 Å². The van der Waals surface area contributed by atoms with E-state index in [2.05, 4.69) is 10.2 Å². The highest BCUT2D eigenvalue weighted by Crippen LogP contribution is 2.25. The average molecular weight is 593 g/mol. The second-order valence-electron chi connectivity index (χ2n) is 9.89. The van der Waals surface area contributed by atoms with Gasteiger partial charge in [-0.15, -0.1) is 0 Å². The number of nitrogens with zero attached hydrogens (tertiary/aromatic N) is 6. The Morgan fingerprint density at radius 1 is 0.614 bits per heavy atom. The smallest absolute Gasteiger partial charge is 0.341 e. The summed E-state index contributed by atoms with van der Waals surface area (Å²) < 4.78 is 16.4. The van der Waals surface area contributed by atoms with Crippen molar-refractivity contribution in [3.05, 3.63) is 117 Å². The number of esters is 2. The molecule has 0 atom stereocenters. The molecule has 0 radical (unpaired) electrons. The van der Waals surface area contributed by atoms with Gasteiger partial charge in [0.15, 0.2) is 0 Å². The fourth-order valence-corrected chi connectivity index (χ4v) is 5.01. The molecule has 4 heterocycles. The highest BCUT2D eigenvalue weighted by Gasteiger charge is 2.27. The SMILES string of the molecule is CCOC(=O)c1cn(CCn2cc(C(=O)OCC)c3nn(-c4ccccc4)c(=O)c-3c2)cc2c(=O)n(-c3ccccc3)nc1-2. The van der Waals surface area contributed by atoms with E-state index in [-0.39, 0.29) is 71.1 Å². The van der Waals surface area contributed by atoms with Crippen LogP contribution in [0.2, 0.25) is 0 Å². The van der Waals surface area contributed by atoms with Gasteiger partial charge in [0.25, 0.3) is 11.1 Å². The lowest BCUT2D eigenvalue weighted by molar-refractivity contribution is 0.0515. The molecule has 0 amide bonds. The molecule has 0 bridgehead atoms. The summed E-state index contributed by atoms with van der Waals surface area (Å²) in [6.45, 7) is 4.26. The van der Waals surface area contributed by atoms with Crippen molar-refractivity contribution in [1.82, 2.24) is 28.7 Å². The van der Waals surface area contributed by atoms with Crippen LogP contribution in [0, 0.1) is 0 Å². The van der Waals surface area contributed by atoms with E-state index in [0.717, 1.165) is 0 Å². The number of rotatable bonds is 9. The van der Waals surface area contributed by atoms with E-state index in [1.54, 1.807) is 96.3 Å². The van der Waals surface area contributed by atoms with Crippen LogP contribution in [0.25, 0.3) is 33.9 Å². The molecule has 0 N–H and O–H groups in total. The summed E-state index contributed by atoms with van der Waals surface area (Å²) in [4.78, 5) is 52.7. The van der Waals surface area contributed by atoms with Gasteiger partial charge in [0.2, 0.25) is 0 Å². The van der Waals surface area contributed by atoms with Crippen LogP contribution in [-0.2, 0) is 22.6 Å². The van der Waals surface area contributed by atoms with Crippen LogP contribution in [0.15, 0.2) is 95.0 Å². The Morgan fingerprint density at radius 2 is 1.00 bits per heavy atom. The van der Waals surface area contributed by atoms with E-state index in [0.29, 0.717) is 11.4 Å². The molecule has 12 nitrogen and oxygen atoms in total. The number of pyridine rings is 2. The summed E-state index contributed by atoms with van der Waals surface area (Å²) >= 11 is 0. The maximum Gasteiger partial charge on any atom is 0.341 e. The summed E-state index contributed by atoms with van der Waals surface area (Å²) in [7, 11) is 0. The first-order valence-electron chi connectivity index (χ1n) is 14.1. The van der Waals surface area contributed by atoms with E-state index in [9.17, 15) is 19.2 Å². The second-order valence-corrected chi connectivity index (χ2v) is 9.89. The molecule has 0 unspecified atom stereocenters. The zero-order chi connectivity index (χ0) is 30.8. The Balaban J connectivity index is 1.41. The van der Waals surface area contributed by atoms with Crippen LogP contribution in [0.4, 0.5) is 0 Å².